The number of hydrogen-bond donors (Lipinski definition) is 1. The van der Waals surface area contributed by atoms with E-state index in [0.29, 0.717) is 13.0 Å². The number of carbonyl (C=O) groups is 2. The summed E-state index contributed by atoms with van der Waals surface area (Å²) in [5, 5.41) is 2.87. The van der Waals surface area contributed by atoms with Gasteiger partial charge in [0.05, 0.1) is 0 Å². The summed E-state index contributed by atoms with van der Waals surface area (Å²) >= 11 is 0. The molecule has 0 aromatic heterocycles. The van der Waals surface area contributed by atoms with E-state index >= 15 is 0 Å². The molecule has 1 N–H and O–H groups in total. The Morgan fingerprint density at radius 1 is 1.14 bits per heavy atom. The van der Waals surface area contributed by atoms with E-state index in [4.69, 9.17) is 0 Å². The Morgan fingerprint density at radius 2 is 1.76 bits per heavy atom. The summed E-state index contributed by atoms with van der Waals surface area (Å²) < 4.78 is 0. The van der Waals surface area contributed by atoms with Gasteiger partial charge in [-0.3, -0.25) is 9.59 Å². The average molecular weight is 290 g/mol. The Kier molecular flexibility index (Phi) is 6.92. The van der Waals surface area contributed by atoms with E-state index in [9.17, 15) is 9.59 Å². The normalized spacial score (nSPS) is 12.0. The molecule has 0 heterocycles. The highest BCUT2D eigenvalue weighted by Crippen LogP contribution is 2.11. The molecule has 0 aliphatic rings. The third-order valence-electron chi connectivity index (χ3n) is 3.26. The van der Waals surface area contributed by atoms with Gasteiger partial charge in [0.1, 0.15) is 6.04 Å². The number of rotatable bonds is 7. The standard InChI is InChI=1S/C17H26N2O2/c1-5-9-16(20)19(12-15-10-7-6-8-11-15)14(4)17(21)18-13(2)3/h6-8,10-11,13-14H,5,9,12H2,1-4H3,(H,18,21)/t14-/m1/s1. The van der Waals surface area contributed by atoms with Gasteiger partial charge < -0.3 is 10.2 Å². The maximum atomic E-state index is 12.3. The average Bonchev–Trinajstić information content (AvgIpc) is 2.44. The molecule has 0 bridgehead atoms. The Labute approximate surface area is 127 Å². The van der Waals surface area contributed by atoms with Gasteiger partial charge in [0.25, 0.3) is 0 Å². The van der Waals surface area contributed by atoms with Crippen molar-refractivity contribution in [2.75, 3.05) is 0 Å². The lowest BCUT2D eigenvalue weighted by Crippen LogP contribution is -2.49. The number of nitrogens with one attached hydrogen (secondary N) is 1. The molecule has 1 aromatic carbocycles. The fourth-order valence-electron chi connectivity index (χ4n) is 2.13. The van der Waals surface area contributed by atoms with Crippen LogP contribution in [0.15, 0.2) is 30.3 Å². The van der Waals surface area contributed by atoms with Crippen molar-refractivity contribution in [3.05, 3.63) is 35.9 Å². The molecular weight excluding hydrogens is 264 g/mol. The summed E-state index contributed by atoms with van der Waals surface area (Å²) in [6.07, 6.45) is 1.24. The zero-order valence-corrected chi connectivity index (χ0v) is 13.4. The summed E-state index contributed by atoms with van der Waals surface area (Å²) in [5.41, 5.74) is 1.03. The third-order valence-corrected chi connectivity index (χ3v) is 3.26. The molecule has 0 fully saturated rings. The van der Waals surface area contributed by atoms with Gasteiger partial charge in [0, 0.05) is 19.0 Å². The number of nitrogens with zero attached hydrogens (tertiary/aromatic N) is 1. The summed E-state index contributed by atoms with van der Waals surface area (Å²) in [6, 6.07) is 9.37. The molecular formula is C17H26N2O2. The minimum atomic E-state index is -0.466. The maximum absolute atomic E-state index is 12.3. The largest absolute Gasteiger partial charge is 0.352 e. The first-order valence-corrected chi connectivity index (χ1v) is 7.59. The lowest BCUT2D eigenvalue weighted by Gasteiger charge is -2.29. The van der Waals surface area contributed by atoms with E-state index in [-0.39, 0.29) is 17.9 Å². The predicted molar refractivity (Wildman–Crippen MR) is 84.6 cm³/mol. The second kappa shape index (κ2) is 8.45. The molecule has 0 saturated heterocycles. The van der Waals surface area contributed by atoms with E-state index in [2.05, 4.69) is 5.32 Å². The molecule has 4 nitrogen and oxygen atoms in total. The molecule has 0 saturated carbocycles. The van der Waals surface area contributed by atoms with Gasteiger partial charge >= 0.3 is 0 Å². The van der Waals surface area contributed by atoms with Crippen LogP contribution in [0.25, 0.3) is 0 Å². The van der Waals surface area contributed by atoms with Crippen molar-refractivity contribution in [3.63, 3.8) is 0 Å². The van der Waals surface area contributed by atoms with Crippen molar-refractivity contribution in [3.8, 4) is 0 Å². The van der Waals surface area contributed by atoms with E-state index in [1.54, 1.807) is 11.8 Å². The van der Waals surface area contributed by atoms with Crippen molar-refractivity contribution in [2.24, 2.45) is 0 Å². The molecule has 116 valence electrons. The molecule has 0 aliphatic heterocycles. The van der Waals surface area contributed by atoms with Crippen LogP contribution in [0.2, 0.25) is 0 Å². The number of carbonyl (C=O) groups excluding carboxylic acids is 2. The van der Waals surface area contributed by atoms with Crippen LogP contribution < -0.4 is 5.32 Å². The van der Waals surface area contributed by atoms with Crippen molar-refractivity contribution < 1.29 is 9.59 Å². The van der Waals surface area contributed by atoms with Gasteiger partial charge in [0.2, 0.25) is 11.8 Å². The maximum Gasteiger partial charge on any atom is 0.242 e. The highest BCUT2D eigenvalue weighted by atomic mass is 16.2. The minimum Gasteiger partial charge on any atom is -0.352 e. The minimum absolute atomic E-state index is 0.0211. The van der Waals surface area contributed by atoms with Gasteiger partial charge in [-0.25, -0.2) is 0 Å². The van der Waals surface area contributed by atoms with Gasteiger partial charge in [-0.05, 0) is 32.8 Å². The van der Waals surface area contributed by atoms with Crippen molar-refractivity contribution >= 4 is 11.8 Å². The fourth-order valence-corrected chi connectivity index (χ4v) is 2.13. The molecule has 0 unspecified atom stereocenters. The zero-order chi connectivity index (χ0) is 15.8. The lowest BCUT2D eigenvalue weighted by atomic mass is 10.1. The highest BCUT2D eigenvalue weighted by Gasteiger charge is 2.25. The molecule has 0 aliphatic carbocycles. The molecule has 0 radical (unpaired) electrons. The number of hydrogen-bond acceptors (Lipinski definition) is 2. The monoisotopic (exact) mass is 290 g/mol. The van der Waals surface area contributed by atoms with Gasteiger partial charge in [-0.1, -0.05) is 37.3 Å². The lowest BCUT2D eigenvalue weighted by molar-refractivity contribution is -0.140. The van der Waals surface area contributed by atoms with E-state index in [0.717, 1.165) is 12.0 Å². The molecule has 1 aromatic rings. The first-order chi connectivity index (χ1) is 9.95. The van der Waals surface area contributed by atoms with Crippen molar-refractivity contribution in [1.29, 1.82) is 0 Å². The predicted octanol–water partition coefficient (Wildman–Crippen LogP) is 2.73. The Balaban J connectivity index is 2.86. The summed E-state index contributed by atoms with van der Waals surface area (Å²) in [5.74, 6) is -0.0851. The molecule has 2 amide bonds. The number of benzene rings is 1. The van der Waals surface area contributed by atoms with Crippen LogP contribution in [0.3, 0.4) is 0 Å². The first kappa shape index (κ1) is 17.2. The molecule has 21 heavy (non-hydrogen) atoms. The molecule has 0 spiro atoms. The second-order valence-corrected chi connectivity index (χ2v) is 5.60. The Hall–Kier alpha value is -1.84. The summed E-state index contributed by atoms with van der Waals surface area (Å²) in [4.78, 5) is 26.2. The van der Waals surface area contributed by atoms with Gasteiger partial charge in [-0.2, -0.15) is 0 Å². The van der Waals surface area contributed by atoms with Crippen molar-refractivity contribution in [1.82, 2.24) is 10.2 Å². The van der Waals surface area contributed by atoms with E-state index < -0.39 is 6.04 Å². The van der Waals surface area contributed by atoms with Crippen LogP contribution >= 0.6 is 0 Å². The molecule has 1 atom stereocenters. The molecule has 1 rings (SSSR count). The number of amides is 2. The second-order valence-electron chi connectivity index (χ2n) is 5.60. The van der Waals surface area contributed by atoms with Gasteiger partial charge in [0.15, 0.2) is 0 Å². The Morgan fingerprint density at radius 3 is 2.29 bits per heavy atom. The Bertz CT molecular complexity index is 457. The van der Waals surface area contributed by atoms with Crippen LogP contribution in [-0.2, 0) is 16.1 Å². The van der Waals surface area contributed by atoms with Crippen LogP contribution in [0, 0.1) is 0 Å². The van der Waals surface area contributed by atoms with E-state index in [1.807, 2.05) is 51.1 Å². The van der Waals surface area contributed by atoms with Crippen LogP contribution in [-0.4, -0.2) is 28.8 Å². The SMILES string of the molecule is CCCC(=O)N(Cc1ccccc1)[C@H](C)C(=O)NC(C)C. The molecule has 4 heteroatoms. The van der Waals surface area contributed by atoms with Crippen molar-refractivity contribution in [2.45, 2.75) is 59.2 Å². The van der Waals surface area contributed by atoms with Crippen LogP contribution in [0.4, 0.5) is 0 Å². The fraction of sp³-hybridized carbons (Fsp3) is 0.529. The van der Waals surface area contributed by atoms with Crippen LogP contribution in [0.5, 0.6) is 0 Å². The smallest absolute Gasteiger partial charge is 0.242 e. The quantitative estimate of drug-likeness (QED) is 0.839. The third kappa shape index (κ3) is 5.58. The highest BCUT2D eigenvalue weighted by molar-refractivity contribution is 5.87. The zero-order valence-electron chi connectivity index (χ0n) is 13.4. The first-order valence-electron chi connectivity index (χ1n) is 7.59. The van der Waals surface area contributed by atoms with E-state index in [1.165, 1.54) is 0 Å². The summed E-state index contributed by atoms with van der Waals surface area (Å²) in [6.45, 7) is 8.05. The van der Waals surface area contributed by atoms with Crippen LogP contribution in [0.1, 0.15) is 46.1 Å². The summed E-state index contributed by atoms with van der Waals surface area (Å²) in [7, 11) is 0. The van der Waals surface area contributed by atoms with Gasteiger partial charge in [-0.15, -0.1) is 0 Å². The topological polar surface area (TPSA) is 49.4 Å².